The van der Waals surface area contributed by atoms with Gasteiger partial charge in [-0.25, -0.2) is 4.79 Å². The van der Waals surface area contributed by atoms with Crippen LogP contribution in [-0.2, 0) is 19.1 Å². The third-order valence-corrected chi connectivity index (χ3v) is 3.07. The molecule has 1 heterocycles. The fourth-order valence-corrected chi connectivity index (χ4v) is 2.19. The minimum absolute atomic E-state index is 0.266. The van der Waals surface area contributed by atoms with Crippen molar-refractivity contribution in [2.45, 2.75) is 25.5 Å². The van der Waals surface area contributed by atoms with Gasteiger partial charge in [-0.2, -0.15) is 0 Å². The summed E-state index contributed by atoms with van der Waals surface area (Å²) < 4.78 is 9.70. The number of thioether (sulfide) groups is 1. The maximum atomic E-state index is 11.3. The minimum atomic E-state index is -0.353. The van der Waals surface area contributed by atoms with Crippen molar-refractivity contribution in [1.29, 1.82) is 0 Å². The summed E-state index contributed by atoms with van der Waals surface area (Å²) >= 11 is 1.22. The summed E-state index contributed by atoms with van der Waals surface area (Å²) in [5, 5.41) is -0.288. The molecular weight excluding hydrogens is 216 g/mol. The van der Waals surface area contributed by atoms with Gasteiger partial charge < -0.3 is 9.47 Å². The van der Waals surface area contributed by atoms with Gasteiger partial charge in [0.2, 0.25) is 0 Å². The molecule has 0 spiro atoms. The molecule has 0 aromatic heterocycles. The van der Waals surface area contributed by atoms with Gasteiger partial charge in [-0.1, -0.05) is 6.08 Å². The van der Waals surface area contributed by atoms with E-state index in [1.54, 1.807) is 19.9 Å². The topological polar surface area (TPSA) is 52.6 Å². The van der Waals surface area contributed by atoms with Gasteiger partial charge >= 0.3 is 11.9 Å². The van der Waals surface area contributed by atoms with E-state index in [0.29, 0.717) is 24.5 Å². The molecule has 0 fully saturated rings. The molecule has 5 heteroatoms. The van der Waals surface area contributed by atoms with E-state index in [1.165, 1.54) is 11.8 Å². The van der Waals surface area contributed by atoms with Crippen molar-refractivity contribution in [3.63, 3.8) is 0 Å². The lowest BCUT2D eigenvalue weighted by Gasteiger charge is -2.08. The third-order valence-electron chi connectivity index (χ3n) is 1.81. The van der Waals surface area contributed by atoms with E-state index in [0.717, 1.165) is 0 Å². The largest absolute Gasteiger partial charge is 0.465 e. The van der Waals surface area contributed by atoms with Crippen LogP contribution >= 0.6 is 11.8 Å². The number of carbonyl (C=O) groups excluding carboxylic acids is 2. The smallest absolute Gasteiger partial charge is 0.344 e. The van der Waals surface area contributed by atoms with Crippen LogP contribution in [0.4, 0.5) is 0 Å². The van der Waals surface area contributed by atoms with Crippen LogP contribution in [0.3, 0.4) is 0 Å². The van der Waals surface area contributed by atoms with Crippen molar-refractivity contribution in [3.8, 4) is 0 Å². The second-order valence-corrected chi connectivity index (χ2v) is 4.13. The maximum absolute atomic E-state index is 11.3. The Morgan fingerprint density at radius 1 is 1.40 bits per heavy atom. The van der Waals surface area contributed by atoms with E-state index in [2.05, 4.69) is 0 Å². The Morgan fingerprint density at radius 3 is 2.67 bits per heavy atom. The highest BCUT2D eigenvalue weighted by Gasteiger charge is 2.29. The average Bonchev–Trinajstić information content (AvgIpc) is 2.67. The number of carbonyl (C=O) groups is 2. The van der Waals surface area contributed by atoms with Gasteiger partial charge in [0.25, 0.3) is 0 Å². The van der Waals surface area contributed by atoms with Gasteiger partial charge in [0.05, 0.1) is 18.1 Å². The van der Waals surface area contributed by atoms with Gasteiger partial charge in [-0.05, 0) is 20.3 Å². The van der Waals surface area contributed by atoms with Crippen LogP contribution in [0.15, 0.2) is 11.0 Å². The van der Waals surface area contributed by atoms with Crippen LogP contribution in [0, 0.1) is 0 Å². The highest BCUT2D eigenvalue weighted by Crippen LogP contribution is 2.33. The Balaban J connectivity index is 2.43. The lowest BCUT2D eigenvalue weighted by molar-refractivity contribution is -0.142. The number of hydrogen-bond donors (Lipinski definition) is 0. The Labute approximate surface area is 93.0 Å². The summed E-state index contributed by atoms with van der Waals surface area (Å²) in [6, 6.07) is 0. The first kappa shape index (κ1) is 12.1. The van der Waals surface area contributed by atoms with Crippen LogP contribution < -0.4 is 0 Å². The highest BCUT2D eigenvalue weighted by molar-refractivity contribution is 8.05. The Bertz CT molecular complexity index is 285. The molecule has 0 N–H and O–H groups in total. The molecule has 4 nitrogen and oxygen atoms in total. The highest BCUT2D eigenvalue weighted by atomic mass is 32.2. The molecule has 0 radical (unpaired) electrons. The van der Waals surface area contributed by atoms with Crippen LogP contribution in [0.5, 0.6) is 0 Å². The number of esters is 2. The van der Waals surface area contributed by atoms with Gasteiger partial charge in [0.1, 0.15) is 5.25 Å². The number of allylic oxidation sites excluding steroid dienone is 1. The lowest BCUT2D eigenvalue weighted by Crippen LogP contribution is -2.18. The van der Waals surface area contributed by atoms with Crippen LogP contribution in [-0.4, -0.2) is 30.4 Å². The summed E-state index contributed by atoms with van der Waals surface area (Å²) in [7, 11) is 0. The molecule has 0 bridgehead atoms. The van der Waals surface area contributed by atoms with E-state index >= 15 is 0 Å². The van der Waals surface area contributed by atoms with Crippen molar-refractivity contribution in [3.05, 3.63) is 11.0 Å². The number of hydrogen-bond acceptors (Lipinski definition) is 5. The molecule has 0 aliphatic carbocycles. The quantitative estimate of drug-likeness (QED) is 0.685. The lowest BCUT2D eigenvalue weighted by atomic mass is 10.3. The minimum Gasteiger partial charge on any atom is -0.465 e. The van der Waals surface area contributed by atoms with Crippen LogP contribution in [0.25, 0.3) is 0 Å². The third kappa shape index (κ3) is 3.27. The second-order valence-electron chi connectivity index (χ2n) is 2.88. The van der Waals surface area contributed by atoms with E-state index in [1.807, 2.05) is 0 Å². The summed E-state index contributed by atoms with van der Waals surface area (Å²) in [5.41, 5.74) is 0. The zero-order chi connectivity index (χ0) is 11.3. The summed E-state index contributed by atoms with van der Waals surface area (Å²) in [4.78, 5) is 23.2. The first-order valence-electron chi connectivity index (χ1n) is 4.89. The molecule has 0 amide bonds. The standard InChI is InChI=1S/C10H14O4S/c1-3-13-9(11)7-5-6-8(15-7)10(12)14-4-2/h5,8H,3-4,6H2,1-2H3. The van der Waals surface area contributed by atoms with Crippen molar-refractivity contribution in [2.24, 2.45) is 0 Å². The molecule has 15 heavy (non-hydrogen) atoms. The normalized spacial score (nSPS) is 19.6. The zero-order valence-electron chi connectivity index (χ0n) is 8.82. The molecule has 1 rings (SSSR count). The Hall–Kier alpha value is -0.970. The van der Waals surface area contributed by atoms with Gasteiger partial charge in [-0.3, -0.25) is 4.79 Å². The van der Waals surface area contributed by atoms with Crippen molar-refractivity contribution in [2.75, 3.05) is 13.2 Å². The van der Waals surface area contributed by atoms with E-state index in [-0.39, 0.29) is 17.2 Å². The van der Waals surface area contributed by atoms with E-state index in [4.69, 9.17) is 9.47 Å². The molecule has 1 aliphatic heterocycles. The van der Waals surface area contributed by atoms with Crippen molar-refractivity contribution < 1.29 is 19.1 Å². The van der Waals surface area contributed by atoms with Crippen molar-refractivity contribution >= 4 is 23.7 Å². The van der Waals surface area contributed by atoms with Gasteiger partial charge in [0.15, 0.2) is 0 Å². The SMILES string of the molecule is CCOC(=O)C1=CCC(C(=O)OCC)S1. The molecule has 1 aliphatic rings. The van der Waals surface area contributed by atoms with E-state index in [9.17, 15) is 9.59 Å². The zero-order valence-corrected chi connectivity index (χ0v) is 9.63. The molecule has 84 valence electrons. The van der Waals surface area contributed by atoms with Crippen molar-refractivity contribution in [1.82, 2.24) is 0 Å². The number of rotatable bonds is 4. The Morgan fingerprint density at radius 2 is 2.07 bits per heavy atom. The first-order valence-corrected chi connectivity index (χ1v) is 5.77. The molecule has 0 saturated carbocycles. The van der Waals surface area contributed by atoms with Gasteiger partial charge in [-0.15, -0.1) is 11.8 Å². The van der Waals surface area contributed by atoms with Crippen LogP contribution in [0.2, 0.25) is 0 Å². The summed E-state index contributed by atoms with van der Waals surface area (Å²) in [6.45, 7) is 4.23. The molecular formula is C10H14O4S. The number of ether oxygens (including phenoxy) is 2. The maximum Gasteiger partial charge on any atom is 0.344 e. The average molecular weight is 230 g/mol. The van der Waals surface area contributed by atoms with Crippen LogP contribution in [0.1, 0.15) is 20.3 Å². The Kier molecular flexibility index (Phi) is 4.68. The van der Waals surface area contributed by atoms with Gasteiger partial charge in [0, 0.05) is 0 Å². The molecule has 0 aromatic rings. The monoisotopic (exact) mass is 230 g/mol. The van der Waals surface area contributed by atoms with E-state index < -0.39 is 0 Å². The second kappa shape index (κ2) is 5.80. The molecule has 0 saturated heterocycles. The molecule has 1 unspecified atom stereocenters. The predicted molar refractivity (Wildman–Crippen MR) is 57.3 cm³/mol. The molecule has 0 aromatic carbocycles. The molecule has 1 atom stereocenters. The summed E-state index contributed by atoms with van der Waals surface area (Å²) in [5.74, 6) is -0.618. The first-order chi connectivity index (χ1) is 7.19. The predicted octanol–water partition coefficient (Wildman–Crippen LogP) is 1.50. The fourth-order valence-electron chi connectivity index (χ4n) is 1.18. The fraction of sp³-hybridized carbons (Fsp3) is 0.600. The summed E-state index contributed by atoms with van der Waals surface area (Å²) in [6.07, 6.45) is 2.27.